The number of nitrogens with one attached hydrogen (secondary N) is 2. The minimum Gasteiger partial charge on any atom is -0.381 e. The first kappa shape index (κ1) is 20.3. The van der Waals surface area contributed by atoms with Gasteiger partial charge in [-0.25, -0.2) is 0 Å². The number of nitrogens with zero attached hydrogens (tertiary/aromatic N) is 2. The molecule has 0 aliphatic carbocycles. The van der Waals surface area contributed by atoms with Gasteiger partial charge in [0, 0.05) is 24.3 Å². The summed E-state index contributed by atoms with van der Waals surface area (Å²) in [7, 11) is 0. The number of aromatic nitrogens is 2. The lowest BCUT2D eigenvalue weighted by molar-refractivity contribution is 0.0693. The molecule has 2 heterocycles. The Morgan fingerprint density at radius 1 is 0.933 bits per heavy atom. The predicted octanol–water partition coefficient (Wildman–Crippen LogP) is 4.24. The Bertz CT molecular complexity index is 959. The van der Waals surface area contributed by atoms with E-state index in [4.69, 9.17) is 16.3 Å². The summed E-state index contributed by atoms with van der Waals surface area (Å²) in [5.74, 6) is 0.375. The molecule has 1 aromatic heterocycles. The second-order valence-electron chi connectivity index (χ2n) is 7.20. The summed E-state index contributed by atoms with van der Waals surface area (Å²) in [6.45, 7) is 1.34. The molecule has 1 unspecified atom stereocenters. The molecule has 1 aliphatic heterocycles. The van der Waals surface area contributed by atoms with Gasteiger partial charge >= 0.3 is 0 Å². The van der Waals surface area contributed by atoms with E-state index in [0.29, 0.717) is 29.7 Å². The van der Waals surface area contributed by atoms with Crippen molar-refractivity contribution in [2.75, 3.05) is 18.5 Å². The molecule has 0 radical (unpaired) electrons. The highest BCUT2D eigenvalue weighted by Crippen LogP contribution is 2.27. The third-order valence-electron chi connectivity index (χ3n) is 5.08. The van der Waals surface area contributed by atoms with E-state index in [9.17, 15) is 4.79 Å². The molecule has 3 aromatic rings. The van der Waals surface area contributed by atoms with Crippen LogP contribution in [0.2, 0.25) is 5.02 Å². The number of anilines is 1. The predicted molar refractivity (Wildman–Crippen MR) is 117 cm³/mol. The van der Waals surface area contributed by atoms with Crippen molar-refractivity contribution >= 4 is 23.3 Å². The van der Waals surface area contributed by atoms with Crippen molar-refractivity contribution in [3.8, 4) is 0 Å². The number of carbonyl (C=O) groups is 1. The second-order valence-corrected chi connectivity index (χ2v) is 7.64. The van der Waals surface area contributed by atoms with Gasteiger partial charge in [-0.1, -0.05) is 54.1 Å². The molecule has 2 aromatic carbocycles. The van der Waals surface area contributed by atoms with Crippen LogP contribution in [0, 0.1) is 0 Å². The molecule has 1 fully saturated rings. The van der Waals surface area contributed by atoms with Crippen molar-refractivity contribution in [1.29, 1.82) is 0 Å². The molecule has 1 amide bonds. The molecule has 1 atom stereocenters. The summed E-state index contributed by atoms with van der Waals surface area (Å²) in [6, 6.07) is 21.2. The number of hydrogen-bond acceptors (Lipinski definition) is 5. The fraction of sp³-hybridized carbons (Fsp3) is 0.261. The van der Waals surface area contributed by atoms with Crippen molar-refractivity contribution < 1.29 is 9.53 Å². The van der Waals surface area contributed by atoms with E-state index in [1.807, 2.05) is 42.5 Å². The summed E-state index contributed by atoms with van der Waals surface area (Å²) >= 11 is 6.05. The molecular weight excluding hydrogens is 400 g/mol. The molecule has 0 spiro atoms. The third kappa shape index (κ3) is 5.14. The number of halogens is 1. The van der Waals surface area contributed by atoms with Crippen LogP contribution in [0.15, 0.2) is 66.7 Å². The number of amides is 1. The molecule has 4 rings (SSSR count). The monoisotopic (exact) mass is 422 g/mol. The van der Waals surface area contributed by atoms with Crippen LogP contribution in [0.1, 0.15) is 40.5 Å². The fourth-order valence-electron chi connectivity index (χ4n) is 3.44. The van der Waals surface area contributed by atoms with Crippen LogP contribution >= 0.6 is 11.6 Å². The summed E-state index contributed by atoms with van der Waals surface area (Å²) in [6.07, 6.45) is 1.64. The highest BCUT2D eigenvalue weighted by atomic mass is 35.5. The molecule has 0 saturated carbocycles. The van der Waals surface area contributed by atoms with Gasteiger partial charge < -0.3 is 15.4 Å². The Morgan fingerprint density at radius 3 is 2.30 bits per heavy atom. The lowest BCUT2D eigenvalue weighted by Crippen LogP contribution is -2.39. The molecule has 154 valence electrons. The maximum absolute atomic E-state index is 12.4. The van der Waals surface area contributed by atoms with Crippen LogP contribution in [-0.4, -0.2) is 35.4 Å². The molecule has 1 saturated heterocycles. The quantitative estimate of drug-likeness (QED) is 0.621. The summed E-state index contributed by atoms with van der Waals surface area (Å²) in [5.41, 5.74) is 2.44. The van der Waals surface area contributed by atoms with Gasteiger partial charge in [-0.05, 0) is 48.2 Å². The first-order valence-corrected chi connectivity index (χ1v) is 10.4. The van der Waals surface area contributed by atoms with Gasteiger partial charge in [0.2, 0.25) is 0 Å². The van der Waals surface area contributed by atoms with Gasteiger partial charge in [0.1, 0.15) is 5.82 Å². The maximum atomic E-state index is 12.4. The van der Waals surface area contributed by atoms with E-state index < -0.39 is 0 Å². The summed E-state index contributed by atoms with van der Waals surface area (Å²) in [5, 5.41) is 15.4. The number of benzene rings is 2. The molecule has 7 heteroatoms. The van der Waals surface area contributed by atoms with Crippen LogP contribution < -0.4 is 10.6 Å². The summed E-state index contributed by atoms with van der Waals surface area (Å²) in [4.78, 5) is 12.4. The Labute approximate surface area is 180 Å². The molecule has 30 heavy (non-hydrogen) atoms. The first-order valence-electron chi connectivity index (χ1n) is 9.98. The number of rotatable bonds is 6. The minimum absolute atomic E-state index is 0.123. The zero-order valence-electron chi connectivity index (χ0n) is 16.4. The van der Waals surface area contributed by atoms with Crippen LogP contribution in [-0.2, 0) is 4.74 Å². The van der Waals surface area contributed by atoms with Crippen molar-refractivity contribution in [3.63, 3.8) is 0 Å². The van der Waals surface area contributed by atoms with Crippen LogP contribution in [0.4, 0.5) is 5.82 Å². The fourth-order valence-corrected chi connectivity index (χ4v) is 3.57. The minimum atomic E-state index is -0.210. The first-order chi connectivity index (χ1) is 14.7. The van der Waals surface area contributed by atoms with Gasteiger partial charge in [-0.3, -0.25) is 4.79 Å². The van der Waals surface area contributed by atoms with Crippen LogP contribution in [0.5, 0.6) is 0 Å². The highest BCUT2D eigenvalue weighted by Gasteiger charge is 2.19. The van der Waals surface area contributed by atoms with Crippen molar-refractivity contribution in [2.45, 2.75) is 24.9 Å². The van der Waals surface area contributed by atoms with E-state index in [1.54, 1.807) is 12.1 Å². The molecule has 0 bridgehead atoms. The molecular formula is C23H23ClN4O2. The average molecular weight is 423 g/mol. The van der Waals surface area contributed by atoms with Crippen LogP contribution in [0.25, 0.3) is 0 Å². The average Bonchev–Trinajstić information content (AvgIpc) is 2.80. The van der Waals surface area contributed by atoms with Crippen molar-refractivity contribution in [3.05, 3.63) is 88.6 Å². The normalized spacial score (nSPS) is 15.4. The highest BCUT2D eigenvalue weighted by molar-refractivity contribution is 6.30. The Kier molecular flexibility index (Phi) is 6.57. The largest absolute Gasteiger partial charge is 0.381 e. The smallest absolute Gasteiger partial charge is 0.272 e. The van der Waals surface area contributed by atoms with Crippen molar-refractivity contribution in [1.82, 2.24) is 15.5 Å². The maximum Gasteiger partial charge on any atom is 0.272 e. The Hall–Kier alpha value is -2.96. The topological polar surface area (TPSA) is 76.1 Å². The zero-order valence-corrected chi connectivity index (χ0v) is 17.2. The van der Waals surface area contributed by atoms with Gasteiger partial charge in [0.25, 0.3) is 5.91 Å². The number of carbonyl (C=O) groups excluding carboxylic acids is 1. The third-order valence-corrected chi connectivity index (χ3v) is 5.33. The zero-order chi connectivity index (χ0) is 20.8. The van der Waals surface area contributed by atoms with Crippen LogP contribution in [0.3, 0.4) is 0 Å². The standard InChI is InChI=1S/C23H23ClN4O2/c24-18-8-6-17(7-9-18)22(16-4-2-1-3-5-16)26-21-11-10-20(27-28-21)23(29)25-19-12-14-30-15-13-19/h1-11,19,22H,12-15H2,(H,25,29)(H,26,28). The van der Waals surface area contributed by atoms with Gasteiger partial charge in [0.15, 0.2) is 5.69 Å². The second kappa shape index (κ2) is 9.69. The molecule has 6 nitrogen and oxygen atoms in total. The Morgan fingerprint density at radius 2 is 1.63 bits per heavy atom. The van der Waals surface area contributed by atoms with E-state index >= 15 is 0 Å². The Balaban J connectivity index is 1.49. The van der Waals surface area contributed by atoms with E-state index in [1.165, 1.54) is 0 Å². The van der Waals surface area contributed by atoms with Gasteiger partial charge in [-0.2, -0.15) is 0 Å². The summed E-state index contributed by atoms with van der Waals surface area (Å²) < 4.78 is 5.32. The van der Waals surface area contributed by atoms with E-state index in [-0.39, 0.29) is 18.0 Å². The number of ether oxygens (including phenoxy) is 1. The van der Waals surface area contributed by atoms with Gasteiger partial charge in [0.05, 0.1) is 6.04 Å². The lowest BCUT2D eigenvalue weighted by atomic mass is 9.99. The van der Waals surface area contributed by atoms with Gasteiger partial charge in [-0.15, -0.1) is 10.2 Å². The molecule has 2 N–H and O–H groups in total. The number of hydrogen-bond donors (Lipinski definition) is 2. The SMILES string of the molecule is O=C(NC1CCOCC1)c1ccc(NC(c2ccccc2)c2ccc(Cl)cc2)nn1. The van der Waals surface area contributed by atoms with Crippen molar-refractivity contribution in [2.24, 2.45) is 0 Å². The van der Waals surface area contributed by atoms with E-state index in [0.717, 1.165) is 24.0 Å². The molecule has 1 aliphatic rings. The van der Waals surface area contributed by atoms with E-state index in [2.05, 4.69) is 33.0 Å². The lowest BCUT2D eigenvalue weighted by Gasteiger charge is -2.23.